The maximum Gasteiger partial charge on any atom is 0.0239 e. The molecule has 0 saturated carbocycles. The summed E-state index contributed by atoms with van der Waals surface area (Å²) in [7, 11) is 0. The second-order valence-corrected chi connectivity index (χ2v) is 14.5. The summed E-state index contributed by atoms with van der Waals surface area (Å²) in [4.78, 5) is 4.93. The van der Waals surface area contributed by atoms with Crippen molar-refractivity contribution in [3.63, 3.8) is 0 Å². The standard InChI is InChI=1S/C50H44N.Ir/c1-50(2)47-26-11-10-25-45(47)46-29-27-43(34-48(46)50)49-30-28-44(35-51-49)42-24-14-23-41(33-42)40-22-13-21-39(32-40)38-20-12-19-37(31-38)18-7-4-3-6-15-36-16-8-5-9-17-36;/h5,8-14,16-17,19-26,28-35H,3-4,6-7,15,18H2,1-2H3;/q-1;. The van der Waals surface area contributed by atoms with Gasteiger partial charge in [0.25, 0.3) is 0 Å². The number of nitrogens with zero attached hydrogens (tertiary/aromatic N) is 1. The predicted octanol–water partition coefficient (Wildman–Crippen LogP) is 13.2. The maximum absolute atomic E-state index is 4.93. The van der Waals surface area contributed by atoms with Gasteiger partial charge >= 0.3 is 0 Å². The van der Waals surface area contributed by atoms with Crippen molar-refractivity contribution in [2.45, 2.75) is 57.8 Å². The molecule has 6 aromatic carbocycles. The molecule has 7 aromatic rings. The van der Waals surface area contributed by atoms with E-state index in [9.17, 15) is 0 Å². The number of unbranched alkanes of at least 4 members (excludes halogenated alkanes) is 3. The van der Waals surface area contributed by atoms with Crippen LogP contribution in [-0.2, 0) is 38.4 Å². The van der Waals surface area contributed by atoms with Crippen LogP contribution < -0.4 is 0 Å². The summed E-state index contributed by atoms with van der Waals surface area (Å²) < 4.78 is 0. The third kappa shape index (κ3) is 7.51. The van der Waals surface area contributed by atoms with Gasteiger partial charge in [0.1, 0.15) is 0 Å². The number of rotatable bonds is 11. The first-order chi connectivity index (χ1) is 25.0. The van der Waals surface area contributed by atoms with Crippen LogP contribution in [0.4, 0.5) is 0 Å². The molecule has 0 saturated heterocycles. The Morgan fingerprint density at radius 1 is 0.481 bits per heavy atom. The van der Waals surface area contributed by atoms with E-state index < -0.39 is 0 Å². The molecule has 0 atom stereocenters. The fourth-order valence-electron chi connectivity index (χ4n) is 7.83. The Hall–Kier alpha value is -4.88. The molecule has 1 aliphatic rings. The molecule has 1 nitrogen and oxygen atoms in total. The van der Waals surface area contributed by atoms with Gasteiger partial charge in [-0.15, -0.1) is 29.3 Å². The zero-order valence-electron chi connectivity index (χ0n) is 30.0. The summed E-state index contributed by atoms with van der Waals surface area (Å²) in [6.45, 7) is 4.63. The van der Waals surface area contributed by atoms with E-state index in [0.29, 0.717) is 0 Å². The average molecular weight is 851 g/mol. The van der Waals surface area contributed by atoms with Crippen LogP contribution in [0, 0.1) is 6.07 Å². The van der Waals surface area contributed by atoms with E-state index in [4.69, 9.17) is 4.98 Å². The van der Waals surface area contributed by atoms with Crippen molar-refractivity contribution in [2.24, 2.45) is 0 Å². The average Bonchev–Trinajstić information content (AvgIpc) is 3.42. The van der Waals surface area contributed by atoms with E-state index in [-0.39, 0.29) is 25.5 Å². The molecule has 2 heteroatoms. The Morgan fingerprint density at radius 3 is 1.73 bits per heavy atom. The molecule has 259 valence electrons. The molecule has 1 aromatic heterocycles. The number of hydrogen-bond donors (Lipinski definition) is 0. The maximum atomic E-state index is 4.93. The fraction of sp³-hybridized carbons (Fsp3) is 0.180. The fourth-order valence-corrected chi connectivity index (χ4v) is 7.83. The van der Waals surface area contributed by atoms with Crippen molar-refractivity contribution in [1.82, 2.24) is 4.98 Å². The van der Waals surface area contributed by atoms with Crippen LogP contribution in [0.1, 0.15) is 61.8 Å². The van der Waals surface area contributed by atoms with Crippen molar-refractivity contribution in [3.8, 4) is 55.8 Å². The van der Waals surface area contributed by atoms with E-state index in [1.54, 1.807) is 0 Å². The molecule has 1 heterocycles. The van der Waals surface area contributed by atoms with Gasteiger partial charge in [0.05, 0.1) is 0 Å². The normalized spacial score (nSPS) is 12.5. The van der Waals surface area contributed by atoms with Gasteiger partial charge in [0.2, 0.25) is 0 Å². The Kier molecular flexibility index (Phi) is 10.8. The van der Waals surface area contributed by atoms with Crippen LogP contribution in [0.2, 0.25) is 0 Å². The van der Waals surface area contributed by atoms with Crippen LogP contribution in [-0.4, -0.2) is 4.98 Å². The largest absolute Gasteiger partial charge is 0.304 e. The minimum absolute atomic E-state index is 0. The van der Waals surface area contributed by atoms with Crippen molar-refractivity contribution in [1.29, 1.82) is 0 Å². The topological polar surface area (TPSA) is 12.9 Å². The Labute approximate surface area is 323 Å². The van der Waals surface area contributed by atoms with Crippen molar-refractivity contribution in [2.75, 3.05) is 0 Å². The zero-order valence-corrected chi connectivity index (χ0v) is 32.4. The molecule has 52 heavy (non-hydrogen) atoms. The van der Waals surface area contributed by atoms with Gasteiger partial charge in [-0.05, 0) is 99.0 Å². The Morgan fingerprint density at radius 2 is 1.06 bits per heavy atom. The van der Waals surface area contributed by atoms with Gasteiger partial charge in [-0.3, -0.25) is 0 Å². The number of benzene rings is 6. The van der Waals surface area contributed by atoms with Gasteiger partial charge in [-0.2, -0.15) is 0 Å². The smallest absolute Gasteiger partial charge is 0.0239 e. The molecular formula is C50H44IrN-. The van der Waals surface area contributed by atoms with E-state index in [2.05, 4.69) is 172 Å². The molecule has 0 fully saturated rings. The molecule has 0 spiro atoms. The molecule has 0 N–H and O–H groups in total. The minimum atomic E-state index is -0.0426. The molecular weight excluding hydrogens is 807 g/mol. The molecule has 1 radical (unpaired) electrons. The first-order valence-electron chi connectivity index (χ1n) is 18.5. The summed E-state index contributed by atoms with van der Waals surface area (Å²) in [5.74, 6) is 0. The van der Waals surface area contributed by atoms with Gasteiger partial charge < -0.3 is 4.98 Å². The Balaban J connectivity index is 0.00000420. The summed E-state index contributed by atoms with van der Waals surface area (Å²) in [6.07, 6.45) is 9.38. The first-order valence-corrected chi connectivity index (χ1v) is 18.5. The zero-order chi connectivity index (χ0) is 34.6. The van der Waals surface area contributed by atoms with Crippen molar-refractivity contribution in [3.05, 3.63) is 186 Å². The molecule has 0 amide bonds. The molecule has 8 rings (SSSR count). The quantitative estimate of drug-likeness (QED) is 0.0933. The van der Waals surface area contributed by atoms with Crippen LogP contribution >= 0.6 is 0 Å². The third-order valence-electron chi connectivity index (χ3n) is 10.7. The van der Waals surface area contributed by atoms with Gasteiger partial charge in [0, 0.05) is 26.3 Å². The third-order valence-corrected chi connectivity index (χ3v) is 10.7. The van der Waals surface area contributed by atoms with Crippen LogP contribution in [0.15, 0.2) is 158 Å². The number of pyridine rings is 1. The van der Waals surface area contributed by atoms with Crippen LogP contribution in [0.3, 0.4) is 0 Å². The van der Waals surface area contributed by atoms with E-state index in [0.717, 1.165) is 28.8 Å². The summed E-state index contributed by atoms with van der Waals surface area (Å²) >= 11 is 0. The number of aryl methyl sites for hydroxylation is 2. The summed E-state index contributed by atoms with van der Waals surface area (Å²) in [5.41, 5.74) is 17.4. The van der Waals surface area contributed by atoms with Gasteiger partial charge in [-0.25, -0.2) is 0 Å². The molecule has 0 unspecified atom stereocenters. The molecule has 0 aliphatic heterocycles. The number of aromatic nitrogens is 1. The first kappa shape index (κ1) is 35.5. The van der Waals surface area contributed by atoms with Gasteiger partial charge in [-0.1, -0.05) is 165 Å². The number of fused-ring (bicyclic) bond motifs is 3. The van der Waals surface area contributed by atoms with Crippen LogP contribution in [0.5, 0.6) is 0 Å². The van der Waals surface area contributed by atoms with E-state index in [1.807, 2.05) is 6.20 Å². The van der Waals surface area contributed by atoms with Crippen molar-refractivity contribution < 1.29 is 20.1 Å². The summed E-state index contributed by atoms with van der Waals surface area (Å²) in [6, 6.07) is 58.8. The second-order valence-electron chi connectivity index (χ2n) is 14.5. The minimum Gasteiger partial charge on any atom is -0.304 e. The number of hydrogen-bond acceptors (Lipinski definition) is 1. The van der Waals surface area contributed by atoms with E-state index >= 15 is 0 Å². The van der Waals surface area contributed by atoms with Crippen molar-refractivity contribution >= 4 is 0 Å². The molecule has 0 bridgehead atoms. The van der Waals surface area contributed by atoms with Crippen LogP contribution in [0.25, 0.3) is 55.8 Å². The SMILES string of the molecule is CC1(C)c2ccccc2-c2c[c-]c(-c3ccc(-c4cccc(-c5cccc(-c6cccc(CCCCCCc7ccccc7)c6)c5)c4)cn3)cc21.[Ir]. The Bertz CT molecular complexity index is 2280. The van der Waals surface area contributed by atoms with Gasteiger partial charge in [0.15, 0.2) is 0 Å². The molecule has 1 aliphatic carbocycles. The van der Waals surface area contributed by atoms with E-state index in [1.165, 1.54) is 87.7 Å². The monoisotopic (exact) mass is 851 g/mol. The summed E-state index contributed by atoms with van der Waals surface area (Å²) in [5, 5.41) is 0. The second kappa shape index (κ2) is 15.8. The predicted molar refractivity (Wildman–Crippen MR) is 215 cm³/mol.